The van der Waals surface area contributed by atoms with Crippen LogP contribution in [0.15, 0.2) is 194 Å². The van der Waals surface area contributed by atoms with Crippen LogP contribution in [0.2, 0.25) is 0 Å². The van der Waals surface area contributed by atoms with E-state index in [2.05, 4.69) is 93.5 Å². The highest BCUT2D eigenvalue weighted by atomic mass is 16.5. The molecule has 3 heterocycles. The largest absolute Gasteiger partial charge is 0.457 e. The Morgan fingerprint density at radius 3 is 2.01 bits per heavy atom. The Morgan fingerprint density at radius 2 is 1.25 bits per heavy atom. The van der Waals surface area contributed by atoms with Gasteiger partial charge in [-0.15, -0.1) is 0 Å². The van der Waals surface area contributed by atoms with Gasteiger partial charge in [0.15, 0.2) is 11.0 Å². The van der Waals surface area contributed by atoms with E-state index in [-0.39, 0.29) is 73.7 Å². The number of aromatic nitrogens is 4. The number of fused-ring (bicyclic) bond motifs is 5. The first-order valence-electron chi connectivity index (χ1n) is 32.2. The molecule has 0 amide bonds. The van der Waals surface area contributed by atoms with E-state index in [9.17, 15) is 5.48 Å². The average Bonchev–Trinajstić information content (AvgIpc) is 1.29. The quantitative estimate of drug-likeness (QED) is 0.142. The highest BCUT2D eigenvalue weighted by Crippen LogP contribution is 2.50. The van der Waals surface area contributed by atoms with Gasteiger partial charge < -0.3 is 4.74 Å². The fourth-order valence-corrected chi connectivity index (χ4v) is 11.3. The first-order valence-corrected chi connectivity index (χ1v) is 26.2. The smallest absolute Gasteiger partial charge is 0.255 e. The van der Waals surface area contributed by atoms with Gasteiger partial charge in [-0.05, 0) is 134 Å². The maximum Gasteiger partial charge on any atom is 0.255 e. The Hall–Kier alpha value is -8.02. The lowest BCUT2D eigenvalue weighted by molar-refractivity contribution is -0.566. The summed E-state index contributed by atoms with van der Waals surface area (Å²) < 4.78 is 120. The third kappa shape index (κ3) is 8.51. The molecule has 5 heteroatoms. The second-order valence-electron chi connectivity index (χ2n) is 23.8. The Morgan fingerprint density at radius 1 is 0.579 bits per heavy atom. The normalized spacial score (nSPS) is 16.8. The SMILES string of the molecule is [2H]c1c([2H])c([2H])c(-c2cccc(-c3cc(C(C)(C)C)cc(C(C)(C)C)c3)c2-[n+]2cn(-c3cccc(Oc4ccc5c6c([2H])c([2H])c([2H])c([2H])c6n(-c6cc(C([2H])([2H])[2H])c(-c7cccc8c7C(C)(C)CCC8(C)C)cn6)c5c4)c3)c3ccccc32)c([2H])c1[2H]. The van der Waals surface area contributed by atoms with Crippen LogP contribution in [-0.4, -0.2) is 14.1 Å². The van der Waals surface area contributed by atoms with Crippen molar-refractivity contribution in [3.63, 3.8) is 0 Å². The lowest BCUT2D eigenvalue weighted by atomic mass is 9.61. The summed E-state index contributed by atoms with van der Waals surface area (Å²) in [6.45, 7) is 19.3. The standard InChI is InChI=1S/C71H69N4O/c1-46-38-65(72-44-59(46)58-29-21-30-60-66(58)71(10,11)37-36-70(60,8)9)75-61-31-16-15-26-56(61)57-35-34-53(43-64(57)75)76-52-25-19-24-51(42-52)73-45-74(63-33-18-17-32-62(63)73)67-54(47-22-13-12-14-23-47)27-20-28-55(67)48-39-49(68(2,3)4)41-50(40-48)69(5,6)7/h12-35,38-45H,36-37H2,1-11H3/q+1/i1D3,12D,13D,14D,15D,16D,22D,23D,26D,31D. The molecule has 5 nitrogen and oxygen atoms in total. The van der Waals surface area contributed by atoms with Crippen LogP contribution in [0.1, 0.15) is 126 Å². The predicted octanol–water partition coefficient (Wildman–Crippen LogP) is 18.4. The van der Waals surface area contributed by atoms with E-state index in [1.165, 1.54) is 11.6 Å². The molecule has 0 fully saturated rings. The molecule has 8 aromatic carbocycles. The summed E-state index contributed by atoms with van der Waals surface area (Å²) in [5.41, 5.74) is 10.6. The minimum Gasteiger partial charge on any atom is -0.457 e. The van der Waals surface area contributed by atoms with E-state index < -0.39 is 37.1 Å². The monoisotopic (exact) mass is 1010 g/mol. The maximum absolute atomic E-state index is 9.33. The van der Waals surface area contributed by atoms with Gasteiger partial charge in [0.1, 0.15) is 28.7 Å². The molecule has 0 saturated carbocycles. The van der Waals surface area contributed by atoms with Crippen LogP contribution < -0.4 is 9.30 Å². The van der Waals surface area contributed by atoms with Gasteiger partial charge in [-0.1, -0.05) is 190 Å². The molecular weight excluding hydrogens is 925 g/mol. The van der Waals surface area contributed by atoms with Crippen molar-refractivity contribution in [1.82, 2.24) is 14.1 Å². The molecule has 378 valence electrons. The molecule has 1 aliphatic rings. The van der Waals surface area contributed by atoms with Crippen molar-refractivity contribution in [3.05, 3.63) is 222 Å². The molecule has 0 N–H and O–H groups in total. The molecule has 0 radical (unpaired) electrons. The summed E-state index contributed by atoms with van der Waals surface area (Å²) >= 11 is 0. The molecular formula is C71H69N4O+. The summed E-state index contributed by atoms with van der Waals surface area (Å²) in [6, 6.07) is 37.2. The number of hydrogen-bond donors (Lipinski definition) is 0. The van der Waals surface area contributed by atoms with E-state index in [4.69, 9.17) is 20.7 Å². The maximum atomic E-state index is 9.33. The van der Waals surface area contributed by atoms with Crippen LogP contribution in [-0.2, 0) is 21.7 Å². The van der Waals surface area contributed by atoms with Crippen LogP contribution in [0, 0.1) is 6.85 Å². The number of rotatable bonds is 8. The first-order chi connectivity index (χ1) is 41.3. The Bertz CT molecular complexity index is 4670. The van der Waals surface area contributed by atoms with Gasteiger partial charge in [0.05, 0.1) is 23.4 Å². The number of pyridine rings is 1. The second-order valence-corrected chi connectivity index (χ2v) is 23.8. The number of imidazole rings is 1. The minimum absolute atomic E-state index is 0.0576. The van der Waals surface area contributed by atoms with Crippen LogP contribution in [0.25, 0.3) is 83.4 Å². The zero-order valence-electron chi connectivity index (χ0n) is 56.9. The Kier molecular flexibility index (Phi) is 8.77. The predicted molar refractivity (Wildman–Crippen MR) is 317 cm³/mol. The fourth-order valence-electron chi connectivity index (χ4n) is 11.3. The number of hydrogen-bond acceptors (Lipinski definition) is 2. The van der Waals surface area contributed by atoms with Crippen LogP contribution in [0.3, 0.4) is 0 Å². The molecule has 12 rings (SSSR count). The number of aryl methyl sites for hydroxylation is 1. The topological polar surface area (TPSA) is 35.9 Å². The van der Waals surface area contributed by atoms with E-state index in [1.807, 2.05) is 94.3 Å². The molecule has 11 aromatic rings. The van der Waals surface area contributed by atoms with Gasteiger partial charge in [0, 0.05) is 49.9 Å². The molecule has 3 aromatic heterocycles. The van der Waals surface area contributed by atoms with E-state index in [0.717, 1.165) is 57.3 Å². The van der Waals surface area contributed by atoms with Crippen LogP contribution in [0.5, 0.6) is 11.5 Å². The minimum atomic E-state index is -2.62. The summed E-state index contributed by atoms with van der Waals surface area (Å²) in [5.74, 6) is 0.949. The van der Waals surface area contributed by atoms with Gasteiger partial charge in [0.25, 0.3) is 6.33 Å². The molecule has 0 aliphatic heterocycles. The van der Waals surface area contributed by atoms with E-state index >= 15 is 0 Å². The van der Waals surface area contributed by atoms with Crippen molar-refractivity contribution in [2.24, 2.45) is 0 Å². The Labute approximate surface area is 466 Å². The zero-order chi connectivity index (χ0) is 63.2. The van der Waals surface area contributed by atoms with Crippen LogP contribution in [0.4, 0.5) is 0 Å². The highest BCUT2D eigenvalue weighted by Gasteiger charge is 2.39. The average molecular weight is 1010 g/mol. The first kappa shape index (κ1) is 36.8. The van der Waals surface area contributed by atoms with Gasteiger partial charge in [-0.25, -0.2) is 4.98 Å². The third-order valence-corrected chi connectivity index (χ3v) is 15.6. The molecule has 0 unspecified atom stereocenters. The van der Waals surface area contributed by atoms with Crippen molar-refractivity contribution in [2.45, 2.75) is 111 Å². The highest BCUT2D eigenvalue weighted by molar-refractivity contribution is 6.09. The fraction of sp³-hybridized carbons (Fsp3) is 0.239. The number of nitrogens with zero attached hydrogens (tertiary/aromatic N) is 4. The van der Waals surface area contributed by atoms with Crippen molar-refractivity contribution < 1.29 is 25.8 Å². The summed E-state index contributed by atoms with van der Waals surface area (Å²) in [5, 5.41) is 0.731. The van der Waals surface area contributed by atoms with Crippen molar-refractivity contribution in [3.8, 4) is 62.1 Å². The summed E-state index contributed by atoms with van der Waals surface area (Å²) in [6.07, 6.45) is 5.43. The molecule has 0 spiro atoms. The number of para-hydroxylation sites is 4. The van der Waals surface area contributed by atoms with E-state index in [1.54, 1.807) is 29.0 Å². The van der Waals surface area contributed by atoms with Crippen molar-refractivity contribution in [2.75, 3.05) is 0 Å². The molecule has 76 heavy (non-hydrogen) atoms. The lowest BCUT2D eigenvalue weighted by Gasteiger charge is -2.43. The van der Waals surface area contributed by atoms with Gasteiger partial charge in [-0.3, -0.25) is 4.57 Å². The molecule has 0 atom stereocenters. The second kappa shape index (κ2) is 18.1. The molecule has 0 bridgehead atoms. The number of benzene rings is 8. The van der Waals surface area contributed by atoms with Crippen molar-refractivity contribution >= 4 is 32.8 Å². The molecule has 0 saturated heterocycles. The van der Waals surface area contributed by atoms with Crippen LogP contribution >= 0.6 is 0 Å². The van der Waals surface area contributed by atoms with Gasteiger partial charge in [-0.2, -0.15) is 9.13 Å². The summed E-state index contributed by atoms with van der Waals surface area (Å²) in [7, 11) is 0. The zero-order valence-corrected chi connectivity index (χ0v) is 44.9. The summed E-state index contributed by atoms with van der Waals surface area (Å²) in [4.78, 5) is 5.00. The Balaban J connectivity index is 1.02. The lowest BCUT2D eigenvalue weighted by Crippen LogP contribution is -2.34. The third-order valence-electron chi connectivity index (χ3n) is 15.6. The van der Waals surface area contributed by atoms with Crippen molar-refractivity contribution in [1.29, 1.82) is 0 Å². The molecule has 1 aliphatic carbocycles. The van der Waals surface area contributed by atoms with E-state index in [0.29, 0.717) is 44.9 Å². The van der Waals surface area contributed by atoms with Gasteiger partial charge >= 0.3 is 0 Å². The number of ether oxygens (including phenoxy) is 1. The van der Waals surface area contributed by atoms with Gasteiger partial charge in [0.2, 0.25) is 0 Å².